The number of nitrogens with zero attached hydrogens (tertiary/aromatic N) is 2. The number of aliphatic hydroxyl groups is 1. The van der Waals surface area contributed by atoms with Gasteiger partial charge in [-0.05, 0) is 51.8 Å². The molecule has 0 fully saturated rings. The quantitative estimate of drug-likeness (QED) is 0.770. The van der Waals surface area contributed by atoms with Crippen LogP contribution in [0.4, 0.5) is 5.82 Å². The number of carbonyl (C=O) groups excluding carboxylic acids is 1. The van der Waals surface area contributed by atoms with Crippen LogP contribution in [0.2, 0.25) is 0 Å². The number of aryl methyl sites for hydroxylation is 1. The number of hydrogen-bond donors (Lipinski definition) is 2. The zero-order valence-corrected chi connectivity index (χ0v) is 16.9. The number of aliphatic hydroxyl groups excluding tert-OH is 1. The van der Waals surface area contributed by atoms with Crippen LogP contribution in [0.3, 0.4) is 0 Å². The molecule has 7 nitrogen and oxygen atoms in total. The average Bonchev–Trinajstić information content (AvgIpc) is 2.97. The number of carbonyl (C=O) groups is 1. The first-order valence-corrected chi connectivity index (χ1v) is 9.26. The lowest BCUT2D eigenvalue weighted by Gasteiger charge is -2.29. The SMILES string of the molecule is COc1ccc(CCN2C=Nc3[nH]c(C)c(OC(=O)C(C)(C)C)c3C2O)cc1. The maximum absolute atomic E-state index is 12.3. The van der Waals surface area contributed by atoms with Crippen LogP contribution in [0.1, 0.15) is 43.8 Å². The summed E-state index contributed by atoms with van der Waals surface area (Å²) in [4.78, 5) is 21.5. The minimum Gasteiger partial charge on any atom is -0.497 e. The molecule has 1 aromatic heterocycles. The molecule has 2 aromatic rings. The van der Waals surface area contributed by atoms with Crippen LogP contribution in [-0.2, 0) is 11.2 Å². The number of aromatic amines is 1. The van der Waals surface area contributed by atoms with Crippen molar-refractivity contribution in [1.82, 2.24) is 9.88 Å². The molecule has 0 saturated carbocycles. The predicted octanol–water partition coefficient (Wildman–Crippen LogP) is 3.49. The van der Waals surface area contributed by atoms with Crippen molar-refractivity contribution in [2.24, 2.45) is 10.4 Å². The Bertz CT molecular complexity index is 878. The molecule has 1 atom stereocenters. The van der Waals surface area contributed by atoms with Crippen LogP contribution in [-0.4, -0.2) is 41.0 Å². The van der Waals surface area contributed by atoms with Gasteiger partial charge < -0.3 is 24.5 Å². The molecule has 2 N–H and O–H groups in total. The maximum atomic E-state index is 12.3. The maximum Gasteiger partial charge on any atom is 0.316 e. The van der Waals surface area contributed by atoms with Gasteiger partial charge in [0, 0.05) is 6.54 Å². The normalized spacial score (nSPS) is 16.1. The molecule has 1 unspecified atom stereocenters. The molecule has 1 aliphatic heterocycles. The number of hydrogen-bond acceptors (Lipinski definition) is 6. The molecule has 2 heterocycles. The standard InChI is InChI=1S/C21H27N3O4/c1-13-17(28-20(26)21(2,3)4)16-18(23-13)22-12-24(19(16)25)11-10-14-6-8-15(27-5)9-7-14/h6-9,12,19,23,25H,10-11H2,1-5H3. The second-order valence-corrected chi connectivity index (χ2v) is 7.94. The van der Waals surface area contributed by atoms with Gasteiger partial charge in [-0.25, -0.2) is 4.99 Å². The first-order chi connectivity index (χ1) is 13.2. The van der Waals surface area contributed by atoms with Crippen LogP contribution in [0, 0.1) is 12.3 Å². The van der Waals surface area contributed by atoms with E-state index in [1.807, 2.05) is 24.3 Å². The predicted molar refractivity (Wildman–Crippen MR) is 107 cm³/mol. The number of rotatable bonds is 5. The molecule has 150 valence electrons. The van der Waals surface area contributed by atoms with E-state index in [4.69, 9.17) is 9.47 Å². The Labute approximate surface area is 165 Å². The van der Waals surface area contributed by atoms with Crippen molar-refractivity contribution in [2.75, 3.05) is 13.7 Å². The van der Waals surface area contributed by atoms with Crippen LogP contribution >= 0.6 is 0 Å². The number of aliphatic imine (C=N–C) groups is 1. The van der Waals surface area contributed by atoms with Gasteiger partial charge in [0.05, 0.1) is 30.1 Å². The molecule has 0 aliphatic carbocycles. The summed E-state index contributed by atoms with van der Waals surface area (Å²) >= 11 is 0. The van der Waals surface area contributed by atoms with Crippen LogP contribution < -0.4 is 9.47 Å². The van der Waals surface area contributed by atoms with E-state index in [9.17, 15) is 9.90 Å². The molecule has 0 saturated heterocycles. The largest absolute Gasteiger partial charge is 0.497 e. The fourth-order valence-corrected chi connectivity index (χ4v) is 2.92. The van der Waals surface area contributed by atoms with Gasteiger partial charge in [0.15, 0.2) is 12.0 Å². The van der Waals surface area contributed by atoms with E-state index in [-0.39, 0.29) is 5.97 Å². The van der Waals surface area contributed by atoms with E-state index in [0.29, 0.717) is 29.4 Å². The monoisotopic (exact) mass is 385 g/mol. The number of fused-ring (bicyclic) bond motifs is 1. The third kappa shape index (κ3) is 4.04. The smallest absolute Gasteiger partial charge is 0.316 e. The summed E-state index contributed by atoms with van der Waals surface area (Å²) in [6.07, 6.45) is 1.39. The van der Waals surface area contributed by atoms with E-state index in [1.165, 1.54) is 0 Å². The molecular formula is C21H27N3O4. The molecule has 7 heteroatoms. The Morgan fingerprint density at radius 3 is 2.57 bits per heavy atom. The van der Waals surface area contributed by atoms with Crippen molar-refractivity contribution in [3.8, 4) is 11.5 Å². The zero-order chi connectivity index (χ0) is 20.5. The lowest BCUT2D eigenvalue weighted by molar-refractivity contribution is -0.143. The molecule has 1 aliphatic rings. The van der Waals surface area contributed by atoms with E-state index < -0.39 is 11.6 Å². The van der Waals surface area contributed by atoms with Crippen molar-refractivity contribution in [1.29, 1.82) is 0 Å². The molecule has 28 heavy (non-hydrogen) atoms. The minimum absolute atomic E-state index is 0.355. The second-order valence-electron chi connectivity index (χ2n) is 7.94. The van der Waals surface area contributed by atoms with Crippen molar-refractivity contribution in [3.63, 3.8) is 0 Å². The summed E-state index contributed by atoms with van der Waals surface area (Å²) in [5, 5.41) is 10.9. The van der Waals surface area contributed by atoms with E-state index in [2.05, 4.69) is 9.98 Å². The summed E-state index contributed by atoms with van der Waals surface area (Å²) < 4.78 is 10.8. The van der Waals surface area contributed by atoms with Crippen molar-refractivity contribution in [2.45, 2.75) is 40.3 Å². The van der Waals surface area contributed by atoms with E-state index in [1.54, 1.807) is 46.0 Å². The Hall–Kier alpha value is -2.80. The number of aromatic nitrogens is 1. The molecular weight excluding hydrogens is 358 g/mol. The van der Waals surface area contributed by atoms with Crippen molar-refractivity contribution in [3.05, 3.63) is 41.1 Å². The van der Waals surface area contributed by atoms with Crippen molar-refractivity contribution < 1.29 is 19.4 Å². The highest BCUT2D eigenvalue weighted by Gasteiger charge is 2.33. The van der Waals surface area contributed by atoms with Gasteiger partial charge in [-0.15, -0.1) is 0 Å². The van der Waals surface area contributed by atoms with Gasteiger partial charge in [-0.3, -0.25) is 4.79 Å². The van der Waals surface area contributed by atoms with Gasteiger partial charge in [0.2, 0.25) is 0 Å². The summed E-state index contributed by atoms with van der Waals surface area (Å²) in [6, 6.07) is 7.81. The number of esters is 1. The number of methoxy groups -OCH3 is 1. The topological polar surface area (TPSA) is 87.1 Å². The van der Waals surface area contributed by atoms with E-state index in [0.717, 1.165) is 17.7 Å². The highest BCUT2D eigenvalue weighted by atomic mass is 16.5. The molecule has 1 aromatic carbocycles. The first kappa shape index (κ1) is 19.9. The first-order valence-electron chi connectivity index (χ1n) is 9.26. The molecule has 0 amide bonds. The van der Waals surface area contributed by atoms with Gasteiger partial charge in [-0.2, -0.15) is 0 Å². The fourth-order valence-electron chi connectivity index (χ4n) is 2.92. The summed E-state index contributed by atoms with van der Waals surface area (Å²) in [7, 11) is 1.63. The van der Waals surface area contributed by atoms with Crippen LogP contribution in [0.5, 0.6) is 11.5 Å². The highest BCUT2D eigenvalue weighted by molar-refractivity contribution is 5.80. The Kier molecular flexibility index (Phi) is 5.47. The summed E-state index contributed by atoms with van der Waals surface area (Å²) in [5.74, 6) is 1.32. The van der Waals surface area contributed by atoms with Gasteiger partial charge >= 0.3 is 5.97 Å². The molecule has 0 spiro atoms. The zero-order valence-electron chi connectivity index (χ0n) is 16.9. The van der Waals surface area contributed by atoms with E-state index >= 15 is 0 Å². The van der Waals surface area contributed by atoms with Crippen LogP contribution in [0.25, 0.3) is 0 Å². The number of benzene rings is 1. The summed E-state index contributed by atoms with van der Waals surface area (Å²) in [5.41, 5.74) is 1.63. The lowest BCUT2D eigenvalue weighted by Crippen LogP contribution is -2.32. The van der Waals surface area contributed by atoms with Crippen LogP contribution in [0.15, 0.2) is 29.3 Å². The fraction of sp³-hybridized carbons (Fsp3) is 0.429. The molecule has 0 bridgehead atoms. The Morgan fingerprint density at radius 2 is 1.96 bits per heavy atom. The number of ether oxygens (including phenoxy) is 2. The Balaban J connectivity index is 1.75. The van der Waals surface area contributed by atoms with Gasteiger partial charge in [0.25, 0.3) is 0 Å². The molecule has 0 radical (unpaired) electrons. The van der Waals surface area contributed by atoms with Crippen molar-refractivity contribution >= 4 is 18.1 Å². The number of H-pyrrole nitrogens is 1. The van der Waals surface area contributed by atoms with Gasteiger partial charge in [0.1, 0.15) is 11.6 Å². The average molecular weight is 385 g/mol. The minimum atomic E-state index is -0.946. The Morgan fingerprint density at radius 1 is 1.29 bits per heavy atom. The second kappa shape index (κ2) is 7.67. The summed E-state index contributed by atoms with van der Waals surface area (Å²) in [6.45, 7) is 7.74. The third-order valence-electron chi connectivity index (χ3n) is 4.68. The highest BCUT2D eigenvalue weighted by Crippen LogP contribution is 2.41. The number of nitrogens with one attached hydrogen (secondary N) is 1. The van der Waals surface area contributed by atoms with Gasteiger partial charge in [-0.1, -0.05) is 12.1 Å². The third-order valence-corrected chi connectivity index (χ3v) is 4.68. The lowest BCUT2D eigenvalue weighted by atomic mass is 9.97. The molecule has 3 rings (SSSR count).